The van der Waals surface area contributed by atoms with Crippen molar-refractivity contribution in [3.05, 3.63) is 63.4 Å². The Morgan fingerprint density at radius 2 is 1.95 bits per heavy atom. The van der Waals surface area contributed by atoms with Gasteiger partial charge in [0.15, 0.2) is 0 Å². The highest BCUT2D eigenvalue weighted by Gasteiger charge is 2.11. The molecule has 0 spiro atoms. The number of rotatable bonds is 3. The molecule has 0 aromatic heterocycles. The molecule has 1 aliphatic rings. The van der Waals surface area contributed by atoms with E-state index in [1.807, 2.05) is 6.07 Å². The van der Waals surface area contributed by atoms with E-state index in [1.165, 1.54) is 42.0 Å². The van der Waals surface area contributed by atoms with Crippen LogP contribution < -0.4 is 5.32 Å². The number of nitrogens with one attached hydrogen (secondary N) is 1. The van der Waals surface area contributed by atoms with Crippen molar-refractivity contribution in [1.29, 1.82) is 0 Å². The minimum absolute atomic E-state index is 0.226. The van der Waals surface area contributed by atoms with Crippen LogP contribution in [0, 0.1) is 5.82 Å². The molecule has 0 saturated carbocycles. The third-order valence-corrected chi connectivity index (χ3v) is 4.26. The Labute approximate surface area is 121 Å². The Morgan fingerprint density at radius 1 is 1.11 bits per heavy atom. The van der Waals surface area contributed by atoms with Gasteiger partial charge in [-0.1, -0.05) is 24.3 Å². The van der Waals surface area contributed by atoms with Crippen LogP contribution in [0.25, 0.3) is 0 Å². The third-order valence-electron chi connectivity index (χ3n) is 3.59. The molecule has 0 unspecified atom stereocenters. The first-order valence-electron chi connectivity index (χ1n) is 6.52. The average Bonchev–Trinajstić information content (AvgIpc) is 2.85. The number of halogens is 2. The van der Waals surface area contributed by atoms with E-state index in [9.17, 15) is 4.39 Å². The minimum Gasteiger partial charge on any atom is -0.378 e. The van der Waals surface area contributed by atoms with E-state index in [0.717, 1.165) is 4.47 Å². The first-order valence-corrected chi connectivity index (χ1v) is 7.32. The van der Waals surface area contributed by atoms with Gasteiger partial charge in [-0.2, -0.15) is 0 Å². The van der Waals surface area contributed by atoms with Gasteiger partial charge in [0.25, 0.3) is 0 Å². The third kappa shape index (κ3) is 2.66. The highest BCUT2D eigenvalue weighted by Crippen LogP contribution is 2.27. The lowest BCUT2D eigenvalue weighted by Gasteiger charge is -2.10. The molecule has 3 rings (SSSR count). The van der Waals surface area contributed by atoms with Crippen LogP contribution in [0.3, 0.4) is 0 Å². The van der Waals surface area contributed by atoms with Gasteiger partial charge in [0.1, 0.15) is 5.82 Å². The molecule has 0 atom stereocenters. The van der Waals surface area contributed by atoms with E-state index < -0.39 is 0 Å². The van der Waals surface area contributed by atoms with E-state index in [1.54, 1.807) is 6.07 Å². The van der Waals surface area contributed by atoms with Gasteiger partial charge in [-0.15, -0.1) is 0 Å². The average molecular weight is 320 g/mol. The summed E-state index contributed by atoms with van der Waals surface area (Å²) < 4.78 is 14.4. The van der Waals surface area contributed by atoms with Crippen molar-refractivity contribution < 1.29 is 4.39 Å². The van der Waals surface area contributed by atoms with Crippen LogP contribution in [0.5, 0.6) is 0 Å². The summed E-state index contributed by atoms with van der Waals surface area (Å²) in [5.74, 6) is -0.226. The molecule has 0 heterocycles. The normalized spacial score (nSPS) is 13.4. The highest BCUT2D eigenvalue weighted by atomic mass is 79.9. The van der Waals surface area contributed by atoms with Crippen LogP contribution >= 0.6 is 15.9 Å². The highest BCUT2D eigenvalue weighted by molar-refractivity contribution is 9.10. The molecule has 1 N–H and O–H groups in total. The van der Waals surface area contributed by atoms with E-state index in [4.69, 9.17) is 0 Å². The molecule has 98 valence electrons. The quantitative estimate of drug-likeness (QED) is 0.865. The standard InChI is InChI=1S/C16H15BrFN/c17-14-5-2-6-15(18)16(14)19-10-11-7-8-12-3-1-4-13(12)9-11/h2,5-9,19H,1,3-4,10H2. The van der Waals surface area contributed by atoms with Crippen molar-refractivity contribution in [3.8, 4) is 0 Å². The Hall–Kier alpha value is -1.35. The number of anilines is 1. The molecule has 0 saturated heterocycles. The van der Waals surface area contributed by atoms with Crippen LogP contribution in [0.4, 0.5) is 10.1 Å². The Balaban J connectivity index is 1.76. The second-order valence-corrected chi connectivity index (χ2v) is 5.76. The van der Waals surface area contributed by atoms with Gasteiger partial charge < -0.3 is 5.32 Å². The molecule has 0 radical (unpaired) electrons. The first kappa shape index (κ1) is 12.7. The lowest BCUT2D eigenvalue weighted by Crippen LogP contribution is -2.02. The monoisotopic (exact) mass is 319 g/mol. The van der Waals surface area contributed by atoms with Gasteiger partial charge in [-0.3, -0.25) is 0 Å². The zero-order chi connectivity index (χ0) is 13.2. The number of hydrogen-bond donors (Lipinski definition) is 1. The van der Waals surface area contributed by atoms with Crippen LogP contribution in [0.1, 0.15) is 23.1 Å². The molecule has 2 aromatic carbocycles. The summed E-state index contributed by atoms with van der Waals surface area (Å²) in [5.41, 5.74) is 4.65. The SMILES string of the molecule is Fc1cccc(Br)c1NCc1ccc2c(c1)CCC2. The first-order chi connectivity index (χ1) is 9.24. The molecule has 1 aliphatic carbocycles. The number of para-hydroxylation sites is 1. The van der Waals surface area contributed by atoms with Gasteiger partial charge in [0, 0.05) is 11.0 Å². The summed E-state index contributed by atoms with van der Waals surface area (Å²) in [7, 11) is 0. The van der Waals surface area contributed by atoms with E-state index in [0.29, 0.717) is 12.2 Å². The van der Waals surface area contributed by atoms with Crippen LogP contribution in [-0.4, -0.2) is 0 Å². The van der Waals surface area contributed by atoms with Crippen molar-refractivity contribution in [3.63, 3.8) is 0 Å². The zero-order valence-electron chi connectivity index (χ0n) is 10.5. The summed E-state index contributed by atoms with van der Waals surface area (Å²) in [5, 5.41) is 3.17. The van der Waals surface area contributed by atoms with Crippen molar-refractivity contribution in [1.82, 2.24) is 0 Å². The molecule has 0 fully saturated rings. The fraction of sp³-hybridized carbons (Fsp3) is 0.250. The van der Waals surface area contributed by atoms with Crippen molar-refractivity contribution in [2.24, 2.45) is 0 Å². The van der Waals surface area contributed by atoms with Gasteiger partial charge in [0.05, 0.1) is 5.69 Å². The summed E-state index contributed by atoms with van der Waals surface area (Å²) >= 11 is 3.37. The zero-order valence-corrected chi connectivity index (χ0v) is 12.1. The van der Waals surface area contributed by atoms with E-state index >= 15 is 0 Å². The van der Waals surface area contributed by atoms with E-state index in [2.05, 4.69) is 39.4 Å². The Morgan fingerprint density at radius 3 is 2.79 bits per heavy atom. The fourth-order valence-corrected chi connectivity index (χ4v) is 3.07. The molecule has 0 aliphatic heterocycles. The fourth-order valence-electron chi connectivity index (χ4n) is 2.59. The second-order valence-electron chi connectivity index (χ2n) is 4.91. The van der Waals surface area contributed by atoms with Gasteiger partial charge >= 0.3 is 0 Å². The molecular formula is C16H15BrFN. The molecule has 0 bridgehead atoms. The molecule has 2 aromatic rings. The molecular weight excluding hydrogens is 305 g/mol. The molecule has 1 nitrogen and oxygen atoms in total. The molecule has 0 amide bonds. The Bertz CT molecular complexity index is 589. The number of hydrogen-bond acceptors (Lipinski definition) is 1. The molecule has 3 heteroatoms. The number of fused-ring (bicyclic) bond motifs is 1. The van der Waals surface area contributed by atoms with Crippen molar-refractivity contribution in [2.45, 2.75) is 25.8 Å². The van der Waals surface area contributed by atoms with Crippen LogP contribution in [0.15, 0.2) is 40.9 Å². The smallest absolute Gasteiger partial charge is 0.147 e. The maximum Gasteiger partial charge on any atom is 0.147 e. The topological polar surface area (TPSA) is 12.0 Å². The summed E-state index contributed by atoms with van der Waals surface area (Å²) in [6, 6.07) is 11.6. The largest absolute Gasteiger partial charge is 0.378 e. The summed E-state index contributed by atoms with van der Waals surface area (Å²) in [6.45, 7) is 0.646. The maximum absolute atomic E-state index is 13.7. The summed E-state index contributed by atoms with van der Waals surface area (Å²) in [6.07, 6.45) is 3.62. The predicted molar refractivity (Wildman–Crippen MR) is 79.9 cm³/mol. The maximum atomic E-state index is 13.7. The van der Waals surface area contributed by atoms with Crippen LogP contribution in [-0.2, 0) is 19.4 Å². The van der Waals surface area contributed by atoms with Crippen molar-refractivity contribution in [2.75, 3.05) is 5.32 Å². The minimum atomic E-state index is -0.226. The lowest BCUT2D eigenvalue weighted by atomic mass is 10.1. The Kier molecular flexibility index (Phi) is 3.56. The summed E-state index contributed by atoms with van der Waals surface area (Å²) in [4.78, 5) is 0. The van der Waals surface area contributed by atoms with Crippen LogP contribution in [0.2, 0.25) is 0 Å². The van der Waals surface area contributed by atoms with Crippen molar-refractivity contribution >= 4 is 21.6 Å². The predicted octanol–water partition coefficient (Wildman–Crippen LogP) is 4.69. The number of aryl methyl sites for hydroxylation is 2. The molecule has 19 heavy (non-hydrogen) atoms. The van der Waals surface area contributed by atoms with E-state index in [-0.39, 0.29) is 5.82 Å². The number of benzene rings is 2. The lowest BCUT2D eigenvalue weighted by molar-refractivity contribution is 0.629. The van der Waals surface area contributed by atoms with Gasteiger partial charge in [-0.25, -0.2) is 4.39 Å². The second kappa shape index (κ2) is 5.33. The van der Waals surface area contributed by atoms with Gasteiger partial charge in [0.2, 0.25) is 0 Å². The van der Waals surface area contributed by atoms with Gasteiger partial charge in [-0.05, 0) is 64.0 Å².